The van der Waals surface area contributed by atoms with E-state index in [1.165, 1.54) is 18.2 Å². The number of benzene rings is 1. The summed E-state index contributed by atoms with van der Waals surface area (Å²) < 4.78 is 19.9. The summed E-state index contributed by atoms with van der Waals surface area (Å²) in [5.74, 6) is -4.54. The van der Waals surface area contributed by atoms with Gasteiger partial charge in [0.25, 0.3) is 11.6 Å². The predicted octanol–water partition coefficient (Wildman–Crippen LogP) is 0.892. The number of nitrogens with one attached hydrogen (secondary N) is 1. The molecule has 0 aliphatic carbocycles. The highest BCUT2D eigenvalue weighted by molar-refractivity contribution is 5.96. The second-order valence-electron chi connectivity index (χ2n) is 6.35. The minimum atomic E-state index is -1.87. The van der Waals surface area contributed by atoms with Crippen LogP contribution in [-0.4, -0.2) is 59.6 Å². The van der Waals surface area contributed by atoms with Crippen molar-refractivity contribution < 1.29 is 47.8 Å². The fourth-order valence-corrected chi connectivity index (χ4v) is 2.49. The second kappa shape index (κ2) is 12.0. The van der Waals surface area contributed by atoms with Gasteiger partial charge in [-0.15, -0.1) is 0 Å². The van der Waals surface area contributed by atoms with E-state index in [2.05, 4.69) is 5.32 Å². The molecule has 0 bridgehead atoms. The number of non-ortho nitro benzene ring substituents is 1. The molecule has 174 valence electrons. The molecule has 0 heterocycles. The van der Waals surface area contributed by atoms with Gasteiger partial charge in [-0.25, -0.2) is 0 Å². The Balaban J connectivity index is 3.32. The summed E-state index contributed by atoms with van der Waals surface area (Å²) >= 11 is 0. The molecule has 1 amide bonds. The van der Waals surface area contributed by atoms with E-state index < -0.39 is 59.6 Å². The maximum Gasteiger partial charge on any atom is 0.303 e. The van der Waals surface area contributed by atoms with E-state index in [0.29, 0.717) is 0 Å². The molecule has 0 unspecified atom stereocenters. The number of nitro benzene ring substituents is 1. The Morgan fingerprint density at radius 2 is 1.53 bits per heavy atom. The van der Waals surface area contributed by atoms with Crippen LogP contribution in [0.25, 0.3) is 0 Å². The Bertz CT molecular complexity index is 899. The van der Waals surface area contributed by atoms with Crippen molar-refractivity contribution in [3.05, 3.63) is 34.4 Å². The smallest absolute Gasteiger partial charge is 0.303 e. The van der Waals surface area contributed by atoms with Gasteiger partial charge in [0.2, 0.25) is 6.10 Å². The molecule has 1 aromatic rings. The normalized spacial score (nSPS) is 13.0. The van der Waals surface area contributed by atoms with E-state index >= 15 is 0 Å². The number of amides is 1. The Morgan fingerprint density at radius 1 is 0.938 bits per heavy atom. The van der Waals surface area contributed by atoms with Crippen LogP contribution in [0.2, 0.25) is 0 Å². The SMILES string of the molecule is CC(=O)OC[C@H](OC(C)=O)[C@@H](OC(C)=O)[C@H](OC(C)=O)C(=O)Nc1cccc([N+](=O)[O-])c1. The third-order valence-corrected chi connectivity index (χ3v) is 3.61. The molecule has 32 heavy (non-hydrogen) atoms. The van der Waals surface area contributed by atoms with E-state index in [4.69, 9.17) is 18.9 Å². The maximum atomic E-state index is 12.9. The lowest BCUT2D eigenvalue weighted by Gasteiger charge is -2.30. The number of hydrogen-bond donors (Lipinski definition) is 1. The number of ether oxygens (including phenoxy) is 4. The average molecular weight is 454 g/mol. The summed E-state index contributed by atoms with van der Waals surface area (Å²) in [5, 5.41) is 13.3. The van der Waals surface area contributed by atoms with E-state index in [1.54, 1.807) is 0 Å². The fraction of sp³-hybridized carbons (Fsp3) is 0.421. The number of nitrogens with zero attached hydrogens (tertiary/aromatic N) is 1. The number of hydrogen-bond acceptors (Lipinski definition) is 11. The molecule has 0 aliphatic heterocycles. The highest BCUT2D eigenvalue weighted by Gasteiger charge is 2.42. The number of carbonyl (C=O) groups is 5. The van der Waals surface area contributed by atoms with Crippen LogP contribution in [0.3, 0.4) is 0 Å². The van der Waals surface area contributed by atoms with Crippen molar-refractivity contribution in [3.8, 4) is 0 Å². The molecule has 3 atom stereocenters. The van der Waals surface area contributed by atoms with Gasteiger partial charge in [0.1, 0.15) is 6.61 Å². The van der Waals surface area contributed by atoms with Gasteiger partial charge in [-0.3, -0.25) is 34.1 Å². The van der Waals surface area contributed by atoms with Gasteiger partial charge in [0.05, 0.1) is 4.92 Å². The number of carbonyl (C=O) groups excluding carboxylic acids is 5. The van der Waals surface area contributed by atoms with Gasteiger partial charge in [0.15, 0.2) is 12.2 Å². The molecule has 0 radical (unpaired) electrons. The summed E-state index contributed by atoms with van der Waals surface area (Å²) in [4.78, 5) is 69.1. The summed E-state index contributed by atoms with van der Waals surface area (Å²) in [7, 11) is 0. The zero-order chi connectivity index (χ0) is 24.4. The fourth-order valence-electron chi connectivity index (χ4n) is 2.49. The van der Waals surface area contributed by atoms with Crippen molar-refractivity contribution >= 4 is 41.2 Å². The quantitative estimate of drug-likeness (QED) is 0.230. The summed E-state index contributed by atoms with van der Waals surface area (Å²) in [5.41, 5.74) is -0.344. The minimum absolute atomic E-state index is 0.0213. The number of anilines is 1. The van der Waals surface area contributed by atoms with E-state index in [-0.39, 0.29) is 11.4 Å². The van der Waals surface area contributed by atoms with E-state index in [1.807, 2.05) is 0 Å². The van der Waals surface area contributed by atoms with Crippen molar-refractivity contribution in [2.24, 2.45) is 0 Å². The zero-order valence-corrected chi connectivity index (χ0v) is 17.7. The van der Waals surface area contributed by atoms with Gasteiger partial charge >= 0.3 is 23.9 Å². The molecule has 13 heteroatoms. The molecule has 0 saturated heterocycles. The van der Waals surface area contributed by atoms with Crippen LogP contribution in [0.5, 0.6) is 0 Å². The first-order valence-corrected chi connectivity index (χ1v) is 9.11. The number of rotatable bonds is 10. The van der Waals surface area contributed by atoms with Crippen LogP contribution >= 0.6 is 0 Å². The molecule has 0 aliphatic rings. The molecule has 0 saturated carbocycles. The molecule has 0 aromatic heterocycles. The van der Waals surface area contributed by atoms with Gasteiger partial charge in [0, 0.05) is 45.5 Å². The first-order valence-electron chi connectivity index (χ1n) is 9.11. The lowest BCUT2D eigenvalue weighted by molar-refractivity contribution is -0.384. The highest BCUT2D eigenvalue weighted by Crippen LogP contribution is 2.20. The Hall–Kier alpha value is -4.03. The lowest BCUT2D eigenvalue weighted by atomic mass is 10.1. The second-order valence-corrected chi connectivity index (χ2v) is 6.35. The van der Waals surface area contributed by atoms with Gasteiger partial charge in [-0.1, -0.05) is 6.07 Å². The highest BCUT2D eigenvalue weighted by atomic mass is 16.6. The Morgan fingerprint density at radius 3 is 2.03 bits per heavy atom. The number of nitro groups is 1. The predicted molar refractivity (Wildman–Crippen MR) is 105 cm³/mol. The van der Waals surface area contributed by atoms with Crippen molar-refractivity contribution in [2.45, 2.75) is 46.0 Å². The molecule has 1 rings (SSSR count). The van der Waals surface area contributed by atoms with Gasteiger partial charge < -0.3 is 24.3 Å². The van der Waals surface area contributed by atoms with Gasteiger partial charge in [-0.05, 0) is 6.07 Å². The molecule has 0 spiro atoms. The average Bonchev–Trinajstić information content (AvgIpc) is 2.67. The Kier molecular flexibility index (Phi) is 9.73. The molecular formula is C19H22N2O11. The summed E-state index contributed by atoms with van der Waals surface area (Å²) in [6, 6.07) is 4.88. The maximum absolute atomic E-state index is 12.9. The lowest BCUT2D eigenvalue weighted by Crippen LogP contribution is -2.52. The molecular weight excluding hydrogens is 432 g/mol. The summed E-state index contributed by atoms with van der Waals surface area (Å²) in [6.45, 7) is 3.45. The topological polar surface area (TPSA) is 177 Å². The van der Waals surface area contributed by atoms with Crippen LogP contribution in [0.1, 0.15) is 27.7 Å². The third-order valence-electron chi connectivity index (χ3n) is 3.61. The van der Waals surface area contributed by atoms with E-state index in [0.717, 1.165) is 33.8 Å². The summed E-state index contributed by atoms with van der Waals surface area (Å²) in [6.07, 6.45) is -5.09. The van der Waals surface area contributed by atoms with Crippen LogP contribution < -0.4 is 5.32 Å². The standard InChI is InChI=1S/C19H22N2O11/c1-10(22)29-9-16(30-11(2)23)17(31-12(3)24)18(32-13(4)25)19(26)20-14-6-5-7-15(8-14)21(27)28/h5-8,16-18H,9H2,1-4H3,(H,20,26)/t16-,17+,18-/m0/s1. The van der Waals surface area contributed by atoms with Crippen molar-refractivity contribution in [2.75, 3.05) is 11.9 Å². The van der Waals surface area contributed by atoms with Crippen molar-refractivity contribution in [1.29, 1.82) is 0 Å². The first kappa shape index (κ1) is 26.0. The van der Waals surface area contributed by atoms with Gasteiger partial charge in [-0.2, -0.15) is 0 Å². The molecule has 1 N–H and O–H groups in total. The van der Waals surface area contributed by atoms with E-state index in [9.17, 15) is 34.1 Å². The number of esters is 4. The van der Waals surface area contributed by atoms with Crippen LogP contribution in [0.15, 0.2) is 24.3 Å². The Labute approximate surface area is 182 Å². The third kappa shape index (κ3) is 8.77. The molecule has 13 nitrogen and oxygen atoms in total. The first-order chi connectivity index (χ1) is 14.9. The monoisotopic (exact) mass is 454 g/mol. The van der Waals surface area contributed by atoms with Crippen LogP contribution in [-0.2, 0) is 42.9 Å². The largest absolute Gasteiger partial charge is 0.462 e. The van der Waals surface area contributed by atoms with Crippen LogP contribution in [0.4, 0.5) is 11.4 Å². The van der Waals surface area contributed by atoms with Crippen LogP contribution in [0, 0.1) is 10.1 Å². The minimum Gasteiger partial charge on any atom is -0.462 e. The van der Waals surface area contributed by atoms with Crippen molar-refractivity contribution in [3.63, 3.8) is 0 Å². The zero-order valence-electron chi connectivity index (χ0n) is 17.7. The molecule has 1 aromatic carbocycles. The van der Waals surface area contributed by atoms with Crippen molar-refractivity contribution in [1.82, 2.24) is 0 Å². The molecule has 0 fully saturated rings.